The van der Waals surface area contributed by atoms with Gasteiger partial charge in [0.05, 0.1) is 5.75 Å². The lowest BCUT2D eigenvalue weighted by Gasteiger charge is -2.42. The van der Waals surface area contributed by atoms with Gasteiger partial charge in [-0.2, -0.15) is 87.2 Å². The average Bonchev–Trinajstić information content (AvgIpc) is 2.51. The van der Waals surface area contributed by atoms with E-state index in [1.165, 1.54) is 0 Å². The van der Waals surface area contributed by atoms with E-state index < -0.39 is 70.1 Å². The second kappa shape index (κ2) is 8.72. The van der Waals surface area contributed by atoms with Crippen LogP contribution in [0.5, 0.6) is 0 Å². The quantitative estimate of drug-likeness (QED) is 0.268. The van der Waals surface area contributed by atoms with Gasteiger partial charge in [-0.3, -0.25) is 0 Å². The second-order valence-corrected chi connectivity index (χ2v) is 7.50. The van der Waals surface area contributed by atoms with Gasteiger partial charge < -0.3 is 6.15 Å². The molecule has 22 heteroatoms. The molecule has 0 atom stereocenters. The molecule has 0 aromatic rings. The fourth-order valence-electron chi connectivity index (χ4n) is 1.65. The summed E-state index contributed by atoms with van der Waals surface area (Å²) in [6, 6.07) is 0. The molecule has 202 valence electrons. The Balaban J connectivity index is 0. The molecule has 0 amide bonds. The first-order chi connectivity index (χ1) is 13.5. The zero-order valence-electron chi connectivity index (χ0n) is 15.2. The van der Waals surface area contributed by atoms with Gasteiger partial charge in [-0.15, -0.1) is 0 Å². The van der Waals surface area contributed by atoms with Crippen molar-refractivity contribution in [3.05, 3.63) is 0 Å². The van der Waals surface area contributed by atoms with E-state index in [2.05, 4.69) is 4.18 Å². The molecule has 0 aliphatic carbocycles. The Morgan fingerprint density at radius 2 is 0.818 bits per heavy atom. The van der Waals surface area contributed by atoms with Gasteiger partial charge in [0, 0.05) is 0 Å². The lowest BCUT2D eigenvalue weighted by atomic mass is 9.91. The van der Waals surface area contributed by atoms with E-state index in [-0.39, 0.29) is 6.15 Å². The van der Waals surface area contributed by atoms with E-state index >= 15 is 0 Å². The molecule has 0 saturated carbocycles. The van der Waals surface area contributed by atoms with Crippen LogP contribution >= 0.6 is 0 Å². The highest BCUT2D eigenvalue weighted by atomic mass is 32.2. The Morgan fingerprint density at radius 3 is 1.09 bits per heavy atom. The molecule has 0 spiro atoms. The summed E-state index contributed by atoms with van der Waals surface area (Å²) in [7, 11) is -6.00. The number of halogens is 17. The van der Waals surface area contributed by atoms with Crippen molar-refractivity contribution in [1.29, 1.82) is 0 Å². The predicted octanol–water partition coefficient (Wildman–Crippen LogP) is 5.87. The zero-order valence-corrected chi connectivity index (χ0v) is 16.0. The average molecular weight is 559 g/mol. The summed E-state index contributed by atoms with van der Waals surface area (Å²) in [4.78, 5) is 0. The molecule has 0 heterocycles. The van der Waals surface area contributed by atoms with Crippen molar-refractivity contribution in [1.82, 2.24) is 6.15 Å². The number of hydrogen-bond donors (Lipinski definition) is 1. The summed E-state index contributed by atoms with van der Waals surface area (Å²) in [6.07, 6.45) is -16.0. The van der Waals surface area contributed by atoms with Crippen LogP contribution in [0.2, 0.25) is 0 Å². The molecule has 0 aromatic carbocycles. The predicted molar refractivity (Wildman–Crippen MR) is 70.9 cm³/mol. The van der Waals surface area contributed by atoms with Crippen molar-refractivity contribution in [2.24, 2.45) is 0 Å². The van der Waals surface area contributed by atoms with Gasteiger partial charge in [-0.05, 0) is 6.42 Å². The molecule has 0 rings (SSSR count). The first-order valence-electron chi connectivity index (χ1n) is 7.16. The number of alkyl halides is 17. The molecule has 0 unspecified atom stereocenters. The third kappa shape index (κ3) is 4.91. The van der Waals surface area contributed by atoms with E-state index in [1.54, 1.807) is 0 Å². The monoisotopic (exact) mass is 559 g/mol. The largest absolute Gasteiger partial charge is 0.460 e. The number of rotatable bonds is 10. The maximum absolute atomic E-state index is 13.4. The minimum absolute atomic E-state index is 0. The zero-order chi connectivity index (χ0) is 26.6. The maximum atomic E-state index is 13.4. The van der Waals surface area contributed by atoms with Crippen LogP contribution in [-0.2, 0) is 14.3 Å². The fraction of sp³-hybridized carbons (Fsp3) is 1.00. The summed E-state index contributed by atoms with van der Waals surface area (Å²) in [5.74, 6) is -53.0. The molecule has 0 bridgehead atoms. The Hall–Kier alpha value is -1.32. The summed E-state index contributed by atoms with van der Waals surface area (Å²) >= 11 is 0. The first kappa shape index (κ1) is 33.9. The standard InChI is InChI=1S/C11H7F17O3S.H3N/c1-2-3-32(29,30)31-11(27,28)9(22,23)7(18,19)5(14,15)4(12,13)6(16,17)8(20,21)10(24,25)26;/h2-3H2,1H3;1H3. The minimum Gasteiger partial charge on any atom is -0.344 e. The highest BCUT2D eigenvalue weighted by molar-refractivity contribution is 7.86. The van der Waals surface area contributed by atoms with Crippen LogP contribution in [-0.4, -0.2) is 62.0 Å². The third-order valence-corrected chi connectivity index (χ3v) is 4.75. The van der Waals surface area contributed by atoms with Gasteiger partial charge >= 0.3 is 47.8 Å². The lowest BCUT2D eigenvalue weighted by molar-refractivity contribution is -0.471. The van der Waals surface area contributed by atoms with E-state index in [4.69, 9.17) is 0 Å². The minimum atomic E-state index is -8.79. The second-order valence-electron chi connectivity index (χ2n) is 5.81. The van der Waals surface area contributed by atoms with Gasteiger partial charge in [0.1, 0.15) is 0 Å². The van der Waals surface area contributed by atoms with Crippen LogP contribution < -0.4 is 6.15 Å². The molecule has 33 heavy (non-hydrogen) atoms. The highest BCUT2D eigenvalue weighted by Gasteiger charge is 2.95. The van der Waals surface area contributed by atoms with Crippen LogP contribution in [0.3, 0.4) is 0 Å². The van der Waals surface area contributed by atoms with Crippen molar-refractivity contribution in [3.8, 4) is 0 Å². The lowest BCUT2D eigenvalue weighted by Crippen LogP contribution is -2.74. The van der Waals surface area contributed by atoms with E-state index in [1.807, 2.05) is 0 Å². The summed E-state index contributed by atoms with van der Waals surface area (Å²) in [5, 5.41) is 0. The summed E-state index contributed by atoms with van der Waals surface area (Å²) in [5.41, 5.74) is 0. The molecule has 0 fully saturated rings. The van der Waals surface area contributed by atoms with Gasteiger partial charge in [-0.1, -0.05) is 6.92 Å². The van der Waals surface area contributed by atoms with E-state index in [9.17, 15) is 83.1 Å². The van der Waals surface area contributed by atoms with Crippen LogP contribution in [0.1, 0.15) is 13.3 Å². The fourth-order valence-corrected chi connectivity index (χ4v) is 2.66. The van der Waals surface area contributed by atoms with Crippen molar-refractivity contribution >= 4 is 10.1 Å². The third-order valence-electron chi connectivity index (χ3n) is 3.38. The van der Waals surface area contributed by atoms with Crippen molar-refractivity contribution in [2.75, 3.05) is 5.75 Å². The normalized spacial score (nSPS) is 15.9. The summed E-state index contributed by atoms with van der Waals surface area (Å²) in [6.45, 7) is 0.823. The molecule has 0 aromatic heterocycles. The molecule has 0 aliphatic rings. The van der Waals surface area contributed by atoms with Crippen LogP contribution in [0.25, 0.3) is 0 Å². The van der Waals surface area contributed by atoms with Crippen molar-refractivity contribution in [3.63, 3.8) is 0 Å². The van der Waals surface area contributed by atoms with Gasteiger partial charge in [0.15, 0.2) is 0 Å². The molecule has 4 nitrogen and oxygen atoms in total. The Bertz CT molecular complexity index is 789. The Labute approximate surface area is 171 Å². The van der Waals surface area contributed by atoms with E-state index in [0.717, 1.165) is 6.92 Å². The van der Waals surface area contributed by atoms with Crippen LogP contribution in [0.15, 0.2) is 0 Å². The van der Waals surface area contributed by atoms with Crippen molar-refractivity contribution < 1.29 is 87.2 Å². The van der Waals surface area contributed by atoms with Crippen LogP contribution in [0, 0.1) is 0 Å². The molecular formula is C11H10F17NO3S. The van der Waals surface area contributed by atoms with E-state index in [0.29, 0.717) is 0 Å². The Morgan fingerprint density at radius 1 is 0.545 bits per heavy atom. The van der Waals surface area contributed by atoms with Gasteiger partial charge in [0.2, 0.25) is 0 Å². The highest BCUT2D eigenvalue weighted by Crippen LogP contribution is 2.64. The van der Waals surface area contributed by atoms with Crippen LogP contribution in [0.4, 0.5) is 74.6 Å². The first-order valence-corrected chi connectivity index (χ1v) is 8.74. The molecular weight excluding hydrogens is 549 g/mol. The molecule has 0 aliphatic heterocycles. The molecule has 3 N–H and O–H groups in total. The SMILES string of the molecule is CCCS(=O)(=O)OC(F)(F)C(F)(F)C(F)(F)C(F)(F)C(F)(F)C(F)(F)C(F)(F)C(F)(F)F.N. The van der Waals surface area contributed by atoms with Gasteiger partial charge in [0.25, 0.3) is 10.1 Å². The summed E-state index contributed by atoms with van der Waals surface area (Å²) < 4.78 is 244. The maximum Gasteiger partial charge on any atom is 0.460 e. The topological polar surface area (TPSA) is 78.4 Å². The number of hydrogen-bond acceptors (Lipinski definition) is 4. The molecule has 0 radical (unpaired) electrons. The van der Waals surface area contributed by atoms with Gasteiger partial charge in [-0.25, -0.2) is 0 Å². The smallest absolute Gasteiger partial charge is 0.344 e. The molecule has 0 saturated heterocycles. The Kier molecular flexibility index (Phi) is 8.94. The van der Waals surface area contributed by atoms with Crippen molar-refractivity contribution in [2.45, 2.75) is 61.2 Å².